The maximum absolute atomic E-state index is 12.0. The van der Waals surface area contributed by atoms with Gasteiger partial charge in [0.05, 0.1) is 5.69 Å². The number of carboxylic acid groups (broad SMARTS) is 1. The quantitative estimate of drug-likeness (QED) is 0.723. The van der Waals surface area contributed by atoms with E-state index in [4.69, 9.17) is 5.11 Å². The predicted octanol–water partition coefficient (Wildman–Crippen LogP) is 3.48. The van der Waals surface area contributed by atoms with Crippen molar-refractivity contribution in [1.82, 2.24) is 4.98 Å². The van der Waals surface area contributed by atoms with Crippen LogP contribution in [-0.4, -0.2) is 29.1 Å². The topological polar surface area (TPSA) is 73.4 Å². The first kappa shape index (κ1) is 18.3. The van der Waals surface area contributed by atoms with Gasteiger partial charge < -0.3 is 15.0 Å². The van der Waals surface area contributed by atoms with Crippen molar-refractivity contribution in [3.63, 3.8) is 0 Å². The highest BCUT2D eigenvalue weighted by atomic mass is 16.4. The monoisotopic (exact) mass is 338 g/mol. The number of benzene rings is 1. The Bertz CT molecular complexity index is 825. The van der Waals surface area contributed by atoms with E-state index < -0.39 is 11.5 Å². The molecule has 0 aliphatic rings. The third-order valence-electron chi connectivity index (χ3n) is 3.95. The van der Waals surface area contributed by atoms with E-state index in [9.17, 15) is 9.59 Å². The minimum atomic E-state index is -1.22. The Hall–Kier alpha value is -3.08. The number of nitrogens with zero attached hydrogens (tertiary/aromatic N) is 1. The number of aryl methyl sites for hydroxylation is 1. The molecule has 0 aliphatic heterocycles. The van der Waals surface area contributed by atoms with Gasteiger partial charge in [0, 0.05) is 18.8 Å². The number of rotatable bonds is 8. The molecule has 5 nitrogen and oxygen atoms in total. The summed E-state index contributed by atoms with van der Waals surface area (Å²) >= 11 is 0. The predicted molar refractivity (Wildman–Crippen MR) is 101 cm³/mol. The molecule has 1 aromatic carbocycles. The number of hydrogen-bond acceptors (Lipinski definition) is 3. The summed E-state index contributed by atoms with van der Waals surface area (Å²) in [5, 5.41) is 9.10. The fraction of sp³-hybridized carbons (Fsp3) is 0.200. The zero-order valence-electron chi connectivity index (χ0n) is 14.3. The van der Waals surface area contributed by atoms with Crippen LogP contribution in [-0.2, 0) is 6.42 Å². The summed E-state index contributed by atoms with van der Waals surface area (Å²) < 4.78 is 0. The number of aromatic carboxylic acids is 1. The maximum Gasteiger partial charge on any atom is 0.341 e. The third-order valence-corrected chi connectivity index (χ3v) is 3.95. The standard InChI is InChI=1S/C20H22N2O3/c1-4-11-22(12-5-2)16-9-7-15(8-10-16)18-14(6-3)13-17(20(24)25)19(23)21-18/h4-5,7-10,13H,1-2,6,11-12H2,3H3,(H,21,23)(H,24,25). The molecule has 5 heteroatoms. The summed E-state index contributed by atoms with van der Waals surface area (Å²) in [5.74, 6) is -1.22. The van der Waals surface area contributed by atoms with E-state index in [1.165, 1.54) is 6.07 Å². The third kappa shape index (κ3) is 4.07. The molecule has 2 rings (SSSR count). The molecule has 25 heavy (non-hydrogen) atoms. The average molecular weight is 338 g/mol. The van der Waals surface area contributed by atoms with Crippen molar-refractivity contribution < 1.29 is 9.90 Å². The lowest BCUT2D eigenvalue weighted by Gasteiger charge is -2.22. The van der Waals surface area contributed by atoms with Crippen LogP contribution in [0.5, 0.6) is 0 Å². The van der Waals surface area contributed by atoms with E-state index in [2.05, 4.69) is 23.0 Å². The van der Waals surface area contributed by atoms with Crippen LogP contribution in [0.15, 0.2) is 60.4 Å². The van der Waals surface area contributed by atoms with Crippen LogP contribution in [0.4, 0.5) is 5.69 Å². The van der Waals surface area contributed by atoms with Crippen molar-refractivity contribution in [2.24, 2.45) is 0 Å². The van der Waals surface area contributed by atoms with Crippen molar-refractivity contribution in [3.8, 4) is 11.3 Å². The van der Waals surface area contributed by atoms with Gasteiger partial charge in [-0.25, -0.2) is 4.79 Å². The number of aromatic amines is 1. The number of carbonyl (C=O) groups is 1. The van der Waals surface area contributed by atoms with Gasteiger partial charge in [0.15, 0.2) is 0 Å². The summed E-state index contributed by atoms with van der Waals surface area (Å²) in [6.45, 7) is 10.9. The minimum Gasteiger partial charge on any atom is -0.477 e. The number of carboxylic acids is 1. The molecule has 0 atom stereocenters. The van der Waals surface area contributed by atoms with E-state index in [-0.39, 0.29) is 5.56 Å². The molecule has 0 radical (unpaired) electrons. The second-order valence-electron chi connectivity index (χ2n) is 5.60. The van der Waals surface area contributed by atoms with E-state index in [0.29, 0.717) is 25.2 Å². The van der Waals surface area contributed by atoms with Gasteiger partial charge in [-0.1, -0.05) is 31.2 Å². The van der Waals surface area contributed by atoms with Crippen LogP contribution < -0.4 is 10.5 Å². The first-order valence-corrected chi connectivity index (χ1v) is 8.08. The smallest absolute Gasteiger partial charge is 0.341 e. The molecule has 0 aliphatic carbocycles. The molecule has 0 saturated heterocycles. The van der Waals surface area contributed by atoms with Crippen molar-refractivity contribution in [3.05, 3.63) is 77.1 Å². The first-order chi connectivity index (χ1) is 12.0. The largest absolute Gasteiger partial charge is 0.477 e. The number of pyridine rings is 1. The lowest BCUT2D eigenvalue weighted by atomic mass is 10.0. The van der Waals surface area contributed by atoms with E-state index >= 15 is 0 Å². The molecular weight excluding hydrogens is 316 g/mol. The van der Waals surface area contributed by atoms with Gasteiger partial charge in [-0.05, 0) is 35.7 Å². The molecule has 1 heterocycles. The summed E-state index contributed by atoms with van der Waals surface area (Å²) in [4.78, 5) is 28.0. The van der Waals surface area contributed by atoms with Crippen LogP contribution in [0.3, 0.4) is 0 Å². The molecule has 0 unspecified atom stereocenters. The van der Waals surface area contributed by atoms with Gasteiger partial charge in [0.2, 0.25) is 0 Å². The Morgan fingerprint density at radius 2 is 1.80 bits per heavy atom. The van der Waals surface area contributed by atoms with E-state index in [1.807, 2.05) is 43.3 Å². The molecule has 2 N–H and O–H groups in total. The van der Waals surface area contributed by atoms with Gasteiger partial charge in [-0.15, -0.1) is 13.2 Å². The van der Waals surface area contributed by atoms with E-state index in [0.717, 1.165) is 16.8 Å². The van der Waals surface area contributed by atoms with Crippen LogP contribution in [0, 0.1) is 0 Å². The highest BCUT2D eigenvalue weighted by Gasteiger charge is 2.14. The Labute approximate surface area is 146 Å². The number of H-pyrrole nitrogens is 1. The Balaban J connectivity index is 2.44. The van der Waals surface area contributed by atoms with Crippen LogP contribution in [0.25, 0.3) is 11.3 Å². The van der Waals surface area contributed by atoms with Gasteiger partial charge >= 0.3 is 5.97 Å². The molecule has 0 saturated carbocycles. The van der Waals surface area contributed by atoms with Gasteiger partial charge in [-0.2, -0.15) is 0 Å². The zero-order chi connectivity index (χ0) is 18.4. The molecule has 0 amide bonds. The number of anilines is 1. The van der Waals surface area contributed by atoms with Gasteiger partial charge in [0.25, 0.3) is 5.56 Å². The van der Waals surface area contributed by atoms with E-state index in [1.54, 1.807) is 0 Å². The normalized spacial score (nSPS) is 10.3. The first-order valence-electron chi connectivity index (χ1n) is 8.08. The Morgan fingerprint density at radius 3 is 2.28 bits per heavy atom. The second kappa shape index (κ2) is 8.15. The van der Waals surface area contributed by atoms with Crippen molar-refractivity contribution in [1.29, 1.82) is 0 Å². The number of aromatic nitrogens is 1. The van der Waals surface area contributed by atoms with Gasteiger partial charge in [-0.3, -0.25) is 4.79 Å². The maximum atomic E-state index is 12.0. The molecule has 2 aromatic rings. The lowest BCUT2D eigenvalue weighted by molar-refractivity contribution is 0.0695. The lowest BCUT2D eigenvalue weighted by Crippen LogP contribution is -2.23. The van der Waals surface area contributed by atoms with Crippen molar-refractivity contribution in [2.75, 3.05) is 18.0 Å². The van der Waals surface area contributed by atoms with Gasteiger partial charge in [0.1, 0.15) is 5.56 Å². The highest BCUT2D eigenvalue weighted by Crippen LogP contribution is 2.25. The van der Waals surface area contributed by atoms with Crippen molar-refractivity contribution >= 4 is 11.7 Å². The molecule has 130 valence electrons. The molecule has 0 spiro atoms. The summed E-state index contributed by atoms with van der Waals surface area (Å²) in [7, 11) is 0. The van der Waals surface area contributed by atoms with Crippen molar-refractivity contribution in [2.45, 2.75) is 13.3 Å². The SMILES string of the molecule is C=CCN(CC=C)c1ccc(-c2[nH]c(=O)c(C(=O)O)cc2CC)cc1. The zero-order valence-corrected chi connectivity index (χ0v) is 14.3. The Kier molecular flexibility index (Phi) is 5.95. The summed E-state index contributed by atoms with van der Waals surface area (Å²) in [5.41, 5.74) is 2.48. The minimum absolute atomic E-state index is 0.236. The van der Waals surface area contributed by atoms with Crippen LogP contribution >= 0.6 is 0 Å². The fourth-order valence-electron chi connectivity index (χ4n) is 2.70. The average Bonchev–Trinajstić information content (AvgIpc) is 2.61. The molecule has 0 bridgehead atoms. The summed E-state index contributed by atoms with van der Waals surface area (Å²) in [6, 6.07) is 9.21. The fourth-order valence-corrected chi connectivity index (χ4v) is 2.70. The molecule has 0 fully saturated rings. The molecule has 1 aromatic heterocycles. The molecular formula is C20H22N2O3. The van der Waals surface area contributed by atoms with Crippen LogP contribution in [0.2, 0.25) is 0 Å². The Morgan fingerprint density at radius 1 is 1.20 bits per heavy atom. The number of nitrogens with one attached hydrogen (secondary N) is 1. The summed E-state index contributed by atoms with van der Waals surface area (Å²) in [6.07, 6.45) is 4.27. The van der Waals surface area contributed by atoms with Crippen LogP contribution in [0.1, 0.15) is 22.8 Å². The highest BCUT2D eigenvalue weighted by molar-refractivity contribution is 5.88. The second-order valence-corrected chi connectivity index (χ2v) is 5.60. The number of hydrogen-bond donors (Lipinski definition) is 2.